The number of hydrogen-bond donors (Lipinski definition) is 1. The van der Waals surface area contributed by atoms with Crippen LogP contribution in [0.2, 0.25) is 0 Å². The Kier molecular flexibility index (Phi) is 5.25. The van der Waals surface area contributed by atoms with Crippen LogP contribution in [0, 0.1) is 17.6 Å². The van der Waals surface area contributed by atoms with Crippen LogP contribution >= 0.6 is 0 Å². The topological polar surface area (TPSA) is 24.9 Å². The second-order valence-electron chi connectivity index (χ2n) is 4.13. The standard InChI is InChI=1S/C12H17F3N2/c1-3-4-5-6-8(2)16-12-10(14)7-9(13)11(15)17-12/h7-8H,3-6H2,1-2H3,(H,16,17). The molecule has 0 aliphatic rings. The van der Waals surface area contributed by atoms with Gasteiger partial charge in [-0.2, -0.15) is 9.37 Å². The molecule has 0 saturated carbocycles. The van der Waals surface area contributed by atoms with E-state index in [1.165, 1.54) is 0 Å². The van der Waals surface area contributed by atoms with Crippen LogP contribution < -0.4 is 5.32 Å². The van der Waals surface area contributed by atoms with E-state index < -0.39 is 17.6 Å². The molecule has 1 aromatic heterocycles. The first-order chi connectivity index (χ1) is 8.04. The monoisotopic (exact) mass is 246 g/mol. The number of pyridine rings is 1. The zero-order valence-corrected chi connectivity index (χ0v) is 10.1. The summed E-state index contributed by atoms with van der Waals surface area (Å²) in [5, 5.41) is 2.74. The molecule has 0 aromatic carbocycles. The lowest BCUT2D eigenvalue weighted by atomic mass is 10.1. The Labute approximate surface area is 99.3 Å². The number of nitrogens with one attached hydrogen (secondary N) is 1. The Balaban J connectivity index is 2.58. The van der Waals surface area contributed by atoms with Gasteiger partial charge in [0.05, 0.1) is 0 Å². The highest BCUT2D eigenvalue weighted by molar-refractivity contribution is 5.37. The van der Waals surface area contributed by atoms with Gasteiger partial charge in [-0.05, 0) is 13.3 Å². The lowest BCUT2D eigenvalue weighted by Gasteiger charge is -2.14. The Morgan fingerprint density at radius 3 is 2.59 bits per heavy atom. The van der Waals surface area contributed by atoms with Gasteiger partial charge in [0.2, 0.25) is 0 Å². The van der Waals surface area contributed by atoms with E-state index in [2.05, 4.69) is 17.2 Å². The molecule has 1 aromatic rings. The van der Waals surface area contributed by atoms with Gasteiger partial charge in [0.25, 0.3) is 5.95 Å². The molecular formula is C12H17F3N2. The summed E-state index contributed by atoms with van der Waals surface area (Å²) in [6, 6.07) is 0.483. The summed E-state index contributed by atoms with van der Waals surface area (Å²) in [5.74, 6) is -3.65. The Morgan fingerprint density at radius 2 is 1.94 bits per heavy atom. The van der Waals surface area contributed by atoms with E-state index in [1.54, 1.807) is 0 Å². The predicted octanol–water partition coefficient (Wildman–Crippen LogP) is 3.88. The van der Waals surface area contributed by atoms with E-state index >= 15 is 0 Å². The SMILES string of the molecule is CCCCCC(C)Nc1nc(F)c(F)cc1F. The van der Waals surface area contributed by atoms with Gasteiger partial charge < -0.3 is 5.32 Å². The molecule has 96 valence electrons. The van der Waals surface area contributed by atoms with Crippen molar-refractivity contribution in [1.82, 2.24) is 4.98 Å². The number of unbranched alkanes of at least 4 members (excludes halogenated alkanes) is 2. The van der Waals surface area contributed by atoms with E-state index in [0.29, 0.717) is 6.07 Å². The van der Waals surface area contributed by atoms with E-state index in [4.69, 9.17) is 0 Å². The maximum atomic E-state index is 13.2. The second kappa shape index (κ2) is 6.47. The first-order valence-corrected chi connectivity index (χ1v) is 5.82. The largest absolute Gasteiger partial charge is 0.365 e. The molecule has 0 bridgehead atoms. The number of hydrogen-bond acceptors (Lipinski definition) is 2. The fraction of sp³-hybridized carbons (Fsp3) is 0.583. The summed E-state index contributed by atoms with van der Waals surface area (Å²) in [6.45, 7) is 3.95. The zero-order valence-electron chi connectivity index (χ0n) is 10.1. The third-order valence-electron chi connectivity index (χ3n) is 2.51. The van der Waals surface area contributed by atoms with Gasteiger partial charge in [0.1, 0.15) is 0 Å². The number of rotatable bonds is 6. The Hall–Kier alpha value is -1.26. The van der Waals surface area contributed by atoms with Crippen LogP contribution in [0.25, 0.3) is 0 Å². The summed E-state index contributed by atoms with van der Waals surface area (Å²) < 4.78 is 38.7. The highest BCUT2D eigenvalue weighted by atomic mass is 19.2. The highest BCUT2D eigenvalue weighted by Crippen LogP contribution is 2.16. The first-order valence-electron chi connectivity index (χ1n) is 5.82. The maximum Gasteiger partial charge on any atom is 0.251 e. The minimum Gasteiger partial charge on any atom is -0.365 e. The molecule has 0 amide bonds. The average Bonchev–Trinajstić information content (AvgIpc) is 2.26. The third kappa shape index (κ3) is 4.24. The second-order valence-corrected chi connectivity index (χ2v) is 4.13. The minimum absolute atomic E-state index is 0.0200. The molecule has 0 spiro atoms. The summed E-state index contributed by atoms with van der Waals surface area (Å²) in [7, 11) is 0. The number of halogens is 3. The normalized spacial score (nSPS) is 12.5. The van der Waals surface area contributed by atoms with Gasteiger partial charge in [-0.15, -0.1) is 0 Å². The first kappa shape index (κ1) is 13.8. The van der Waals surface area contributed by atoms with Crippen LogP contribution in [-0.2, 0) is 0 Å². The number of aromatic nitrogens is 1. The molecule has 0 fully saturated rings. The molecular weight excluding hydrogens is 229 g/mol. The molecule has 1 atom stereocenters. The van der Waals surface area contributed by atoms with Crippen molar-refractivity contribution in [3.05, 3.63) is 23.6 Å². The van der Waals surface area contributed by atoms with Gasteiger partial charge in [-0.25, -0.2) is 8.78 Å². The fourth-order valence-electron chi connectivity index (χ4n) is 1.55. The summed E-state index contributed by atoms with van der Waals surface area (Å²) in [4.78, 5) is 3.21. The predicted molar refractivity (Wildman–Crippen MR) is 61.3 cm³/mol. The smallest absolute Gasteiger partial charge is 0.251 e. The van der Waals surface area contributed by atoms with Crippen LogP contribution in [0.5, 0.6) is 0 Å². The van der Waals surface area contributed by atoms with Crippen molar-refractivity contribution in [3.63, 3.8) is 0 Å². The van der Waals surface area contributed by atoms with Crippen LogP contribution in [0.1, 0.15) is 39.5 Å². The van der Waals surface area contributed by atoms with E-state index in [-0.39, 0.29) is 11.9 Å². The average molecular weight is 246 g/mol. The van der Waals surface area contributed by atoms with Crippen LogP contribution in [-0.4, -0.2) is 11.0 Å². The van der Waals surface area contributed by atoms with Crippen LogP contribution in [0.3, 0.4) is 0 Å². The Bertz CT molecular complexity index is 369. The van der Waals surface area contributed by atoms with Gasteiger partial charge in [0.15, 0.2) is 17.5 Å². The molecule has 1 rings (SSSR count). The number of nitrogens with zero attached hydrogens (tertiary/aromatic N) is 1. The maximum absolute atomic E-state index is 13.2. The van der Waals surface area contributed by atoms with Crippen molar-refractivity contribution in [2.24, 2.45) is 0 Å². The van der Waals surface area contributed by atoms with Gasteiger partial charge in [-0.3, -0.25) is 0 Å². The molecule has 1 heterocycles. The summed E-state index contributed by atoms with van der Waals surface area (Å²) in [6.07, 6.45) is 4.05. The molecule has 0 aliphatic heterocycles. The van der Waals surface area contributed by atoms with Crippen molar-refractivity contribution >= 4 is 5.82 Å². The quantitative estimate of drug-likeness (QED) is 0.608. The molecule has 0 aliphatic carbocycles. The third-order valence-corrected chi connectivity index (χ3v) is 2.51. The van der Waals surface area contributed by atoms with E-state index in [1.807, 2.05) is 6.92 Å². The van der Waals surface area contributed by atoms with Gasteiger partial charge in [-0.1, -0.05) is 26.2 Å². The van der Waals surface area contributed by atoms with Crippen molar-refractivity contribution in [2.75, 3.05) is 5.32 Å². The molecule has 2 nitrogen and oxygen atoms in total. The highest BCUT2D eigenvalue weighted by Gasteiger charge is 2.13. The molecule has 5 heteroatoms. The zero-order chi connectivity index (χ0) is 12.8. The lowest BCUT2D eigenvalue weighted by molar-refractivity contribution is 0.465. The molecule has 1 unspecified atom stereocenters. The lowest BCUT2D eigenvalue weighted by Crippen LogP contribution is -2.17. The van der Waals surface area contributed by atoms with Gasteiger partial charge >= 0.3 is 0 Å². The van der Waals surface area contributed by atoms with Crippen molar-refractivity contribution in [2.45, 2.75) is 45.6 Å². The van der Waals surface area contributed by atoms with E-state index in [9.17, 15) is 13.2 Å². The van der Waals surface area contributed by atoms with E-state index in [0.717, 1.165) is 25.7 Å². The van der Waals surface area contributed by atoms with Gasteiger partial charge in [0, 0.05) is 12.1 Å². The minimum atomic E-state index is -1.28. The molecule has 0 saturated heterocycles. The van der Waals surface area contributed by atoms with Crippen molar-refractivity contribution < 1.29 is 13.2 Å². The Morgan fingerprint density at radius 1 is 1.24 bits per heavy atom. The van der Waals surface area contributed by atoms with Crippen molar-refractivity contribution in [1.29, 1.82) is 0 Å². The fourth-order valence-corrected chi connectivity index (χ4v) is 1.55. The van der Waals surface area contributed by atoms with Crippen molar-refractivity contribution in [3.8, 4) is 0 Å². The van der Waals surface area contributed by atoms with Crippen LogP contribution in [0.4, 0.5) is 19.0 Å². The van der Waals surface area contributed by atoms with Crippen LogP contribution in [0.15, 0.2) is 6.07 Å². The number of anilines is 1. The molecule has 0 radical (unpaired) electrons. The summed E-state index contributed by atoms with van der Waals surface area (Å²) >= 11 is 0. The molecule has 17 heavy (non-hydrogen) atoms. The molecule has 1 N–H and O–H groups in total. The summed E-state index contributed by atoms with van der Waals surface area (Å²) in [5.41, 5.74) is 0.